The lowest BCUT2D eigenvalue weighted by atomic mass is 10.0. The molecule has 0 fully saturated rings. The number of rotatable bonds is 4. The molecule has 17 heavy (non-hydrogen) atoms. The van der Waals surface area contributed by atoms with Crippen molar-refractivity contribution in [1.82, 2.24) is 4.90 Å². The molecule has 3 heteroatoms. The Bertz CT molecular complexity index is 366. The van der Waals surface area contributed by atoms with Crippen LogP contribution < -0.4 is 0 Å². The quantitative estimate of drug-likeness (QED) is 0.736. The van der Waals surface area contributed by atoms with Crippen LogP contribution in [0.15, 0.2) is 35.5 Å². The number of amides is 1. The summed E-state index contributed by atoms with van der Waals surface area (Å²) in [6, 6.07) is 0. The first kappa shape index (κ1) is 13.7. The van der Waals surface area contributed by atoms with Gasteiger partial charge in [0.1, 0.15) is 6.67 Å². The Morgan fingerprint density at radius 3 is 2.76 bits per heavy atom. The van der Waals surface area contributed by atoms with Crippen molar-refractivity contribution in [2.75, 3.05) is 20.3 Å². The number of hydrogen-bond acceptors (Lipinski definition) is 1. The number of carbonyl (C=O) groups is 1. The van der Waals surface area contributed by atoms with Gasteiger partial charge in [-0.2, -0.15) is 0 Å². The van der Waals surface area contributed by atoms with E-state index in [4.69, 9.17) is 0 Å². The Morgan fingerprint density at radius 1 is 1.47 bits per heavy atom. The summed E-state index contributed by atoms with van der Waals surface area (Å²) in [6.07, 6.45) is 8.49. The third-order valence-corrected chi connectivity index (χ3v) is 2.83. The molecule has 94 valence electrons. The van der Waals surface area contributed by atoms with Gasteiger partial charge in [0.15, 0.2) is 0 Å². The van der Waals surface area contributed by atoms with Crippen molar-refractivity contribution in [2.24, 2.45) is 5.92 Å². The Morgan fingerprint density at radius 2 is 2.18 bits per heavy atom. The van der Waals surface area contributed by atoms with Gasteiger partial charge in [0.05, 0.1) is 0 Å². The molecule has 0 atom stereocenters. The van der Waals surface area contributed by atoms with Crippen molar-refractivity contribution >= 4 is 5.91 Å². The molecule has 0 aromatic carbocycles. The summed E-state index contributed by atoms with van der Waals surface area (Å²) in [6.45, 7) is 3.89. The fourth-order valence-corrected chi connectivity index (χ4v) is 1.66. The fourth-order valence-electron chi connectivity index (χ4n) is 1.66. The maximum atomic E-state index is 12.2. The summed E-state index contributed by atoms with van der Waals surface area (Å²) in [5.74, 6) is 0.356. The van der Waals surface area contributed by atoms with E-state index in [-0.39, 0.29) is 12.5 Å². The van der Waals surface area contributed by atoms with E-state index in [0.717, 1.165) is 0 Å². The molecular formula is C14H20FNO. The van der Waals surface area contributed by atoms with E-state index < -0.39 is 6.67 Å². The third-order valence-electron chi connectivity index (χ3n) is 2.83. The van der Waals surface area contributed by atoms with Gasteiger partial charge in [-0.1, -0.05) is 38.2 Å². The van der Waals surface area contributed by atoms with Crippen LogP contribution in [0.1, 0.15) is 20.3 Å². The van der Waals surface area contributed by atoms with Crippen molar-refractivity contribution in [3.8, 4) is 0 Å². The van der Waals surface area contributed by atoms with Crippen LogP contribution in [0.25, 0.3) is 0 Å². The molecule has 0 saturated carbocycles. The van der Waals surface area contributed by atoms with E-state index in [0.29, 0.717) is 17.9 Å². The number of allylic oxidation sites excluding steroid dienone is 5. The zero-order valence-electron chi connectivity index (χ0n) is 10.7. The summed E-state index contributed by atoms with van der Waals surface area (Å²) in [4.78, 5) is 13.4. The Balaban J connectivity index is 2.80. The van der Waals surface area contributed by atoms with Crippen molar-refractivity contribution in [1.29, 1.82) is 0 Å². The first-order chi connectivity index (χ1) is 8.06. The second-order valence-corrected chi connectivity index (χ2v) is 4.54. The highest BCUT2D eigenvalue weighted by Gasteiger charge is 2.14. The average molecular weight is 237 g/mol. The minimum absolute atomic E-state index is 0.0893. The molecule has 0 aromatic heterocycles. The Hall–Kier alpha value is -1.38. The van der Waals surface area contributed by atoms with E-state index in [1.807, 2.05) is 18.2 Å². The molecule has 0 unspecified atom stereocenters. The molecule has 1 aliphatic carbocycles. The second kappa shape index (κ2) is 6.38. The summed E-state index contributed by atoms with van der Waals surface area (Å²) in [7, 11) is 1.63. The van der Waals surface area contributed by atoms with Crippen molar-refractivity contribution in [3.63, 3.8) is 0 Å². The number of carbonyl (C=O) groups excluding carboxylic acids is 1. The molecule has 0 N–H and O–H groups in total. The van der Waals surface area contributed by atoms with Gasteiger partial charge in [0.2, 0.25) is 5.91 Å². The summed E-state index contributed by atoms with van der Waals surface area (Å²) in [5, 5.41) is 0. The van der Waals surface area contributed by atoms with E-state index in [2.05, 4.69) is 19.9 Å². The van der Waals surface area contributed by atoms with Crippen molar-refractivity contribution in [3.05, 3.63) is 35.5 Å². The van der Waals surface area contributed by atoms with E-state index >= 15 is 0 Å². The number of nitrogens with zero attached hydrogens (tertiary/aromatic N) is 1. The normalized spacial score (nSPS) is 15.4. The predicted octanol–water partition coefficient (Wildman–Crippen LogP) is 2.88. The Labute approximate surface area is 102 Å². The van der Waals surface area contributed by atoms with Gasteiger partial charge in [0.25, 0.3) is 0 Å². The molecule has 1 amide bonds. The smallest absolute Gasteiger partial charge is 0.249 e. The molecule has 1 aliphatic rings. The zero-order chi connectivity index (χ0) is 12.8. The molecule has 0 radical (unpaired) electrons. The van der Waals surface area contributed by atoms with Crippen LogP contribution in [0.4, 0.5) is 4.39 Å². The van der Waals surface area contributed by atoms with Gasteiger partial charge in [0, 0.05) is 19.2 Å². The molecular weight excluding hydrogens is 217 g/mol. The maximum absolute atomic E-state index is 12.2. The van der Waals surface area contributed by atoms with Crippen LogP contribution in [-0.4, -0.2) is 31.1 Å². The minimum Gasteiger partial charge on any atom is -0.339 e. The van der Waals surface area contributed by atoms with Crippen LogP contribution in [0.5, 0.6) is 0 Å². The standard InChI is InChI=1S/C14H20FNO/c1-11(2)12-5-4-6-13(8-7-12)14(17)16(3)10-9-15/h4-5,7-8,11H,6,9-10H2,1-3H3. The molecule has 0 spiro atoms. The number of likely N-dealkylation sites (N-methyl/N-ethyl adjacent to an activating group) is 1. The van der Waals surface area contributed by atoms with Crippen LogP contribution in [0, 0.1) is 5.92 Å². The van der Waals surface area contributed by atoms with Gasteiger partial charge in [-0.15, -0.1) is 0 Å². The number of halogens is 1. The molecule has 0 saturated heterocycles. The largest absolute Gasteiger partial charge is 0.339 e. The molecule has 0 bridgehead atoms. The molecule has 2 nitrogen and oxygen atoms in total. The summed E-state index contributed by atoms with van der Waals surface area (Å²) in [5.41, 5.74) is 1.92. The topological polar surface area (TPSA) is 20.3 Å². The minimum atomic E-state index is -0.502. The van der Waals surface area contributed by atoms with E-state index in [1.165, 1.54) is 10.5 Å². The van der Waals surface area contributed by atoms with Crippen LogP contribution in [0.3, 0.4) is 0 Å². The van der Waals surface area contributed by atoms with Gasteiger partial charge in [-0.3, -0.25) is 4.79 Å². The molecule has 0 heterocycles. The average Bonchev–Trinajstić information content (AvgIpc) is 2.53. The lowest BCUT2D eigenvalue weighted by Crippen LogP contribution is -2.29. The highest BCUT2D eigenvalue weighted by Crippen LogP contribution is 2.18. The summed E-state index contributed by atoms with van der Waals surface area (Å²) >= 11 is 0. The Kier molecular flexibility index (Phi) is 5.13. The van der Waals surface area contributed by atoms with Gasteiger partial charge < -0.3 is 4.90 Å². The van der Waals surface area contributed by atoms with Crippen LogP contribution in [0.2, 0.25) is 0 Å². The fraction of sp³-hybridized carbons (Fsp3) is 0.500. The van der Waals surface area contributed by atoms with Crippen molar-refractivity contribution in [2.45, 2.75) is 20.3 Å². The van der Waals surface area contributed by atoms with Crippen LogP contribution >= 0.6 is 0 Å². The van der Waals surface area contributed by atoms with E-state index in [1.54, 1.807) is 7.05 Å². The highest BCUT2D eigenvalue weighted by molar-refractivity contribution is 5.94. The van der Waals surface area contributed by atoms with Crippen LogP contribution in [-0.2, 0) is 4.79 Å². The third kappa shape index (κ3) is 3.84. The van der Waals surface area contributed by atoms with Crippen molar-refractivity contribution < 1.29 is 9.18 Å². The summed E-state index contributed by atoms with van der Waals surface area (Å²) < 4.78 is 12.2. The van der Waals surface area contributed by atoms with Gasteiger partial charge in [-0.05, 0) is 17.9 Å². The number of hydrogen-bond donors (Lipinski definition) is 0. The number of alkyl halides is 1. The second-order valence-electron chi connectivity index (χ2n) is 4.54. The van der Waals surface area contributed by atoms with Gasteiger partial charge in [-0.25, -0.2) is 4.39 Å². The molecule has 0 aromatic rings. The lowest BCUT2D eigenvalue weighted by molar-refractivity contribution is -0.126. The SMILES string of the molecule is CC(C)C1=CC=C(C(=O)N(C)CCF)CC=C1. The maximum Gasteiger partial charge on any atom is 0.249 e. The first-order valence-corrected chi connectivity index (χ1v) is 5.95. The zero-order valence-corrected chi connectivity index (χ0v) is 10.7. The highest BCUT2D eigenvalue weighted by atomic mass is 19.1. The monoisotopic (exact) mass is 237 g/mol. The predicted molar refractivity (Wildman–Crippen MR) is 68.4 cm³/mol. The lowest BCUT2D eigenvalue weighted by Gasteiger charge is -2.16. The van der Waals surface area contributed by atoms with Gasteiger partial charge >= 0.3 is 0 Å². The first-order valence-electron chi connectivity index (χ1n) is 5.95. The van der Waals surface area contributed by atoms with E-state index in [9.17, 15) is 9.18 Å². The molecule has 1 rings (SSSR count). The molecule has 0 aliphatic heterocycles.